The zero-order valence-corrected chi connectivity index (χ0v) is 14.6. The van der Waals surface area contributed by atoms with Gasteiger partial charge in [0.05, 0.1) is 17.6 Å². The van der Waals surface area contributed by atoms with E-state index in [1.54, 1.807) is 28.8 Å². The van der Waals surface area contributed by atoms with Crippen LogP contribution in [0.25, 0.3) is 0 Å². The van der Waals surface area contributed by atoms with Crippen molar-refractivity contribution in [3.05, 3.63) is 59.9 Å². The van der Waals surface area contributed by atoms with Crippen molar-refractivity contribution in [2.24, 2.45) is 0 Å². The molecule has 0 unspecified atom stereocenters. The molecule has 1 fully saturated rings. The van der Waals surface area contributed by atoms with Crippen LogP contribution in [-0.4, -0.2) is 36.9 Å². The monoisotopic (exact) mass is 346 g/mol. The first kappa shape index (κ1) is 17.1. The zero-order chi connectivity index (χ0) is 17.0. The summed E-state index contributed by atoms with van der Waals surface area (Å²) in [4.78, 5) is 4.40. The molecule has 3 rings (SSSR count). The van der Waals surface area contributed by atoms with Crippen molar-refractivity contribution in [1.29, 1.82) is 0 Å². The maximum atomic E-state index is 12.9. The number of aromatic nitrogens is 1. The van der Waals surface area contributed by atoms with Gasteiger partial charge in [-0.3, -0.25) is 4.98 Å². The summed E-state index contributed by atoms with van der Waals surface area (Å²) < 4.78 is 33.2. The molecule has 1 saturated heterocycles. The molecule has 0 N–H and O–H groups in total. The Bertz CT molecular complexity index is 778. The van der Waals surface area contributed by atoms with Crippen LogP contribution in [0.4, 0.5) is 0 Å². The summed E-state index contributed by atoms with van der Waals surface area (Å²) in [5.74, 6) is 0. The van der Waals surface area contributed by atoms with Gasteiger partial charge in [-0.25, -0.2) is 8.42 Å². The van der Waals surface area contributed by atoms with Crippen molar-refractivity contribution in [2.45, 2.75) is 37.4 Å². The molecule has 128 valence electrons. The molecule has 0 saturated carbocycles. The fourth-order valence-electron chi connectivity index (χ4n) is 2.93. The second kappa shape index (κ2) is 7.42. The van der Waals surface area contributed by atoms with Gasteiger partial charge in [0.15, 0.2) is 0 Å². The van der Waals surface area contributed by atoms with E-state index in [1.807, 2.05) is 31.2 Å². The van der Waals surface area contributed by atoms with E-state index in [2.05, 4.69) is 4.98 Å². The maximum Gasteiger partial charge on any atom is 0.243 e. The smallest absolute Gasteiger partial charge is 0.243 e. The normalized spacial score (nSPS) is 18.8. The third-order valence-electron chi connectivity index (χ3n) is 4.31. The van der Waals surface area contributed by atoms with Crippen LogP contribution in [0.2, 0.25) is 0 Å². The Labute approximate surface area is 143 Å². The summed E-state index contributed by atoms with van der Waals surface area (Å²) in [6.07, 6.45) is 4.81. The van der Waals surface area contributed by atoms with Crippen LogP contribution in [0.5, 0.6) is 0 Å². The van der Waals surface area contributed by atoms with E-state index < -0.39 is 10.0 Å². The molecule has 1 aromatic heterocycles. The van der Waals surface area contributed by atoms with Gasteiger partial charge in [0.25, 0.3) is 0 Å². The highest BCUT2D eigenvalue weighted by molar-refractivity contribution is 7.89. The SMILES string of the molecule is CCc1ccccc1S(=O)(=O)N1CC[C@H](OCc2ccncc2)C1. The van der Waals surface area contributed by atoms with Crippen molar-refractivity contribution in [1.82, 2.24) is 9.29 Å². The van der Waals surface area contributed by atoms with Crippen molar-refractivity contribution in [2.75, 3.05) is 13.1 Å². The van der Waals surface area contributed by atoms with Gasteiger partial charge < -0.3 is 4.74 Å². The third-order valence-corrected chi connectivity index (χ3v) is 6.28. The van der Waals surface area contributed by atoms with Crippen LogP contribution in [-0.2, 0) is 27.8 Å². The van der Waals surface area contributed by atoms with Gasteiger partial charge in [-0.1, -0.05) is 25.1 Å². The minimum Gasteiger partial charge on any atom is -0.372 e. The van der Waals surface area contributed by atoms with Crippen LogP contribution in [0.15, 0.2) is 53.7 Å². The van der Waals surface area contributed by atoms with Crippen LogP contribution in [0, 0.1) is 0 Å². The highest BCUT2D eigenvalue weighted by Gasteiger charge is 2.33. The molecular formula is C18H22N2O3S. The predicted molar refractivity (Wildman–Crippen MR) is 92.0 cm³/mol. The second-order valence-electron chi connectivity index (χ2n) is 5.90. The van der Waals surface area contributed by atoms with E-state index >= 15 is 0 Å². The maximum absolute atomic E-state index is 12.9. The molecule has 0 bridgehead atoms. The van der Waals surface area contributed by atoms with Gasteiger partial charge >= 0.3 is 0 Å². The van der Waals surface area contributed by atoms with E-state index in [0.717, 1.165) is 17.5 Å². The number of nitrogens with zero attached hydrogens (tertiary/aromatic N) is 2. The summed E-state index contributed by atoms with van der Waals surface area (Å²) in [6, 6.07) is 11.0. The van der Waals surface area contributed by atoms with E-state index in [1.165, 1.54) is 0 Å². The van der Waals surface area contributed by atoms with Crippen molar-refractivity contribution >= 4 is 10.0 Å². The number of rotatable bonds is 6. The lowest BCUT2D eigenvalue weighted by Gasteiger charge is -2.18. The molecule has 5 nitrogen and oxygen atoms in total. The number of sulfonamides is 1. The minimum atomic E-state index is -3.45. The molecule has 2 heterocycles. The lowest BCUT2D eigenvalue weighted by atomic mass is 10.2. The quantitative estimate of drug-likeness (QED) is 0.807. The molecule has 0 aliphatic carbocycles. The van der Waals surface area contributed by atoms with Gasteiger partial charge in [0.1, 0.15) is 0 Å². The Kier molecular flexibility index (Phi) is 5.28. The van der Waals surface area contributed by atoms with Gasteiger partial charge in [0.2, 0.25) is 10.0 Å². The first-order valence-electron chi connectivity index (χ1n) is 8.20. The Morgan fingerprint density at radius 3 is 2.71 bits per heavy atom. The topological polar surface area (TPSA) is 59.5 Å². The summed E-state index contributed by atoms with van der Waals surface area (Å²) in [5.41, 5.74) is 1.90. The Balaban J connectivity index is 1.66. The number of hydrogen-bond donors (Lipinski definition) is 0. The second-order valence-corrected chi connectivity index (χ2v) is 7.81. The number of aryl methyl sites for hydroxylation is 1. The molecule has 2 aromatic rings. The fourth-order valence-corrected chi connectivity index (χ4v) is 4.71. The Hall–Kier alpha value is -1.76. The Morgan fingerprint density at radius 2 is 1.96 bits per heavy atom. The van der Waals surface area contributed by atoms with Gasteiger partial charge in [-0.15, -0.1) is 0 Å². The summed E-state index contributed by atoms with van der Waals surface area (Å²) in [7, 11) is -3.45. The third kappa shape index (κ3) is 3.66. The molecule has 0 spiro atoms. The minimum absolute atomic E-state index is 0.0678. The average Bonchev–Trinajstić information content (AvgIpc) is 3.11. The highest BCUT2D eigenvalue weighted by Crippen LogP contribution is 2.25. The van der Waals surface area contributed by atoms with Crippen LogP contribution < -0.4 is 0 Å². The van der Waals surface area contributed by atoms with Gasteiger partial charge in [0, 0.05) is 25.5 Å². The van der Waals surface area contributed by atoms with E-state index in [9.17, 15) is 8.42 Å². The molecule has 6 heteroatoms. The molecule has 0 amide bonds. The van der Waals surface area contributed by atoms with E-state index in [0.29, 0.717) is 31.0 Å². The van der Waals surface area contributed by atoms with Gasteiger partial charge in [-0.05, 0) is 42.2 Å². The number of pyridine rings is 1. The highest BCUT2D eigenvalue weighted by atomic mass is 32.2. The summed E-state index contributed by atoms with van der Waals surface area (Å²) in [5, 5.41) is 0. The molecule has 1 aliphatic heterocycles. The number of hydrogen-bond acceptors (Lipinski definition) is 4. The summed E-state index contributed by atoms with van der Waals surface area (Å²) >= 11 is 0. The lowest BCUT2D eigenvalue weighted by molar-refractivity contribution is 0.0508. The first-order valence-corrected chi connectivity index (χ1v) is 9.64. The van der Waals surface area contributed by atoms with Crippen molar-refractivity contribution in [3.8, 4) is 0 Å². The zero-order valence-electron chi connectivity index (χ0n) is 13.8. The standard InChI is InChI=1S/C18H22N2O3S/c1-2-16-5-3-4-6-18(16)24(21,22)20-12-9-17(13-20)23-14-15-7-10-19-11-8-15/h3-8,10-11,17H,2,9,12-14H2,1H3/t17-/m0/s1. The molecular weight excluding hydrogens is 324 g/mol. The predicted octanol–water partition coefficient (Wildman–Crippen LogP) is 2.62. The number of benzene rings is 1. The first-order chi connectivity index (χ1) is 11.6. The van der Waals surface area contributed by atoms with Crippen LogP contribution >= 0.6 is 0 Å². The fraction of sp³-hybridized carbons (Fsp3) is 0.389. The lowest BCUT2D eigenvalue weighted by Crippen LogP contribution is -2.31. The molecule has 1 aromatic carbocycles. The average molecular weight is 346 g/mol. The van der Waals surface area contributed by atoms with Crippen LogP contribution in [0.1, 0.15) is 24.5 Å². The largest absolute Gasteiger partial charge is 0.372 e. The molecule has 24 heavy (non-hydrogen) atoms. The van der Waals surface area contributed by atoms with Crippen molar-refractivity contribution in [3.63, 3.8) is 0 Å². The van der Waals surface area contributed by atoms with Crippen LogP contribution in [0.3, 0.4) is 0 Å². The number of ether oxygens (including phenoxy) is 1. The molecule has 1 atom stereocenters. The van der Waals surface area contributed by atoms with E-state index in [-0.39, 0.29) is 6.10 Å². The van der Waals surface area contributed by atoms with E-state index in [4.69, 9.17) is 4.74 Å². The molecule has 1 aliphatic rings. The molecule has 0 radical (unpaired) electrons. The summed E-state index contributed by atoms with van der Waals surface area (Å²) in [6.45, 7) is 3.36. The Morgan fingerprint density at radius 1 is 1.21 bits per heavy atom. The van der Waals surface area contributed by atoms with Crippen molar-refractivity contribution < 1.29 is 13.2 Å². The van der Waals surface area contributed by atoms with Gasteiger partial charge in [-0.2, -0.15) is 4.31 Å².